The van der Waals surface area contributed by atoms with E-state index in [1.54, 1.807) is 6.92 Å². The van der Waals surface area contributed by atoms with Gasteiger partial charge in [-0.05, 0) is 61.2 Å². The highest BCUT2D eigenvalue weighted by molar-refractivity contribution is 7.90. The van der Waals surface area contributed by atoms with Crippen molar-refractivity contribution in [1.82, 2.24) is 14.1 Å². The molecular weight excluding hydrogens is 681 g/mol. The summed E-state index contributed by atoms with van der Waals surface area (Å²) >= 11 is 0. The van der Waals surface area contributed by atoms with Crippen molar-refractivity contribution in [2.24, 2.45) is 5.73 Å². The summed E-state index contributed by atoms with van der Waals surface area (Å²) < 4.78 is 55.0. The van der Waals surface area contributed by atoms with Crippen molar-refractivity contribution in [3.63, 3.8) is 0 Å². The van der Waals surface area contributed by atoms with Gasteiger partial charge in [-0.1, -0.05) is 59.7 Å². The minimum absolute atomic E-state index is 0.0532. The van der Waals surface area contributed by atoms with Crippen molar-refractivity contribution in [2.45, 2.75) is 122 Å². The molecule has 4 atom stereocenters. The molecule has 2 aliphatic heterocycles. The number of hydrogen-bond donors (Lipinski definition) is 2. The Labute approximate surface area is 291 Å². The molecule has 0 bridgehead atoms. The quantitative estimate of drug-likeness (QED) is 0.222. The van der Waals surface area contributed by atoms with Gasteiger partial charge in [0.25, 0.3) is 15.7 Å². The van der Waals surface area contributed by atoms with Crippen LogP contribution in [0.5, 0.6) is 0 Å². The smallest absolute Gasteiger partial charge is 0.333 e. The number of nitrogens with zero attached hydrogens (tertiary/aromatic N) is 2. The van der Waals surface area contributed by atoms with Crippen molar-refractivity contribution in [3.8, 4) is 0 Å². The molecule has 12 nitrogen and oxygen atoms in total. The molecule has 5 rings (SSSR count). The van der Waals surface area contributed by atoms with Gasteiger partial charge < -0.3 is 24.3 Å². The molecule has 270 valence electrons. The molecule has 15 heteroatoms. The van der Waals surface area contributed by atoms with E-state index in [0.29, 0.717) is 12.0 Å². The second-order valence-electron chi connectivity index (χ2n) is 16.4. The molecule has 3 aromatic rings. The maximum Gasteiger partial charge on any atom is 0.333 e. The lowest BCUT2D eigenvalue weighted by atomic mass is 9.89. The summed E-state index contributed by atoms with van der Waals surface area (Å²) in [6, 6.07) is 7.84. The highest BCUT2D eigenvalue weighted by Crippen LogP contribution is 2.52. The lowest BCUT2D eigenvalue weighted by molar-refractivity contribution is -0.0567. The van der Waals surface area contributed by atoms with Crippen LogP contribution in [0.3, 0.4) is 0 Å². The summed E-state index contributed by atoms with van der Waals surface area (Å²) in [5.74, 6) is 0. The van der Waals surface area contributed by atoms with Crippen LogP contribution >= 0.6 is 0 Å². The standard InChI is InChI=1S/C34H52N4O8SSi2/c1-22-19-38(31(40)37(29(22)39)17-16-23-18-36-25-15-13-12-14-24(23)25)30-28(45-49(10,11)33(5,6)7)34(26(35)21-47(41,42)46-34)27(44-30)20-43-48(8,9)32(2,3)4/h12-15,18-19,21,27-28,30,36H,16-17,20,35H2,1-11H3/t27-,28+,30-,34-/m1/s1. The summed E-state index contributed by atoms with van der Waals surface area (Å²) in [6.07, 6.45) is 0.320. The van der Waals surface area contributed by atoms with Crippen LogP contribution in [-0.2, 0) is 40.9 Å². The molecule has 1 saturated heterocycles. The zero-order valence-electron chi connectivity index (χ0n) is 30.5. The number of ether oxygens (including phenoxy) is 1. The molecule has 1 fully saturated rings. The number of H-pyrrole nitrogens is 1. The Balaban J connectivity index is 1.64. The molecule has 0 amide bonds. The second-order valence-corrected chi connectivity index (χ2v) is 27.3. The molecule has 49 heavy (non-hydrogen) atoms. The highest BCUT2D eigenvalue weighted by Gasteiger charge is 2.67. The second kappa shape index (κ2) is 12.5. The first kappa shape index (κ1) is 37.5. The Morgan fingerprint density at radius 1 is 1.02 bits per heavy atom. The van der Waals surface area contributed by atoms with E-state index < -0.39 is 62.0 Å². The number of benzene rings is 1. The van der Waals surface area contributed by atoms with Crippen LogP contribution in [0.15, 0.2) is 57.4 Å². The van der Waals surface area contributed by atoms with E-state index in [4.69, 9.17) is 23.5 Å². The number of fused-ring (bicyclic) bond motifs is 1. The van der Waals surface area contributed by atoms with Crippen LogP contribution in [0.2, 0.25) is 36.3 Å². The fourth-order valence-electron chi connectivity index (χ4n) is 5.92. The number of aromatic nitrogens is 3. The van der Waals surface area contributed by atoms with E-state index >= 15 is 0 Å². The van der Waals surface area contributed by atoms with Crippen LogP contribution in [0, 0.1) is 6.92 Å². The third-order valence-electron chi connectivity index (χ3n) is 11.0. The maximum atomic E-state index is 14.4. The fourth-order valence-corrected chi connectivity index (χ4v) is 9.43. The predicted molar refractivity (Wildman–Crippen MR) is 196 cm³/mol. The largest absolute Gasteiger partial charge is 0.414 e. The normalized spacial score (nSPS) is 24.6. The molecule has 4 heterocycles. The van der Waals surface area contributed by atoms with Gasteiger partial charge in [0.05, 0.1) is 17.7 Å². The number of aryl methyl sites for hydroxylation is 2. The van der Waals surface area contributed by atoms with Gasteiger partial charge in [-0.15, -0.1) is 0 Å². The van der Waals surface area contributed by atoms with Crippen LogP contribution < -0.4 is 17.0 Å². The number of rotatable bonds is 9. The molecule has 1 aromatic carbocycles. The minimum atomic E-state index is -4.24. The van der Waals surface area contributed by atoms with Gasteiger partial charge in [0, 0.05) is 35.4 Å². The highest BCUT2D eigenvalue weighted by atomic mass is 32.2. The molecule has 0 saturated carbocycles. The first-order valence-electron chi connectivity index (χ1n) is 16.7. The van der Waals surface area contributed by atoms with Crippen LogP contribution in [0.1, 0.15) is 58.9 Å². The first-order chi connectivity index (χ1) is 22.4. The Hall–Kier alpha value is -2.80. The zero-order valence-corrected chi connectivity index (χ0v) is 33.4. The van der Waals surface area contributed by atoms with Crippen molar-refractivity contribution < 1.29 is 26.2 Å². The van der Waals surface area contributed by atoms with Crippen LogP contribution in [0.25, 0.3) is 10.9 Å². The van der Waals surface area contributed by atoms with Crippen LogP contribution in [0.4, 0.5) is 0 Å². The molecule has 1 spiro atoms. The summed E-state index contributed by atoms with van der Waals surface area (Å²) in [5, 5.41) is 1.44. The molecular formula is C34H52N4O8SSi2. The number of nitrogens with one attached hydrogen (secondary N) is 1. The molecule has 2 aromatic heterocycles. The first-order valence-corrected chi connectivity index (χ1v) is 24.0. The minimum Gasteiger partial charge on any atom is -0.414 e. The number of aromatic amines is 1. The molecule has 2 aliphatic rings. The zero-order chi connectivity index (χ0) is 36.5. The van der Waals surface area contributed by atoms with Gasteiger partial charge in [-0.3, -0.25) is 13.9 Å². The third-order valence-corrected chi connectivity index (χ3v) is 21.0. The van der Waals surface area contributed by atoms with Crippen molar-refractivity contribution in [2.75, 3.05) is 6.61 Å². The summed E-state index contributed by atoms with van der Waals surface area (Å²) in [4.78, 5) is 31.1. The van der Waals surface area contributed by atoms with E-state index in [9.17, 15) is 18.0 Å². The van der Waals surface area contributed by atoms with Gasteiger partial charge >= 0.3 is 5.69 Å². The Morgan fingerprint density at radius 3 is 2.24 bits per heavy atom. The Kier molecular flexibility index (Phi) is 9.52. The SMILES string of the molecule is Cc1cn([C@@H]2O[C@H](CO[Si](C)(C)C(C)(C)C)[C@@]3(OS(=O)(=O)C=C3N)[C@H]2O[Si](C)(C)C(C)(C)C)c(=O)n(CCc2c[nH]c3ccccc23)c1=O. The van der Waals surface area contributed by atoms with Crippen molar-refractivity contribution in [1.29, 1.82) is 0 Å². The number of hydrogen-bond acceptors (Lipinski definition) is 9. The summed E-state index contributed by atoms with van der Waals surface area (Å²) in [5.41, 5.74) is 5.92. The molecule has 0 unspecified atom stereocenters. The van der Waals surface area contributed by atoms with E-state index in [2.05, 4.69) is 59.6 Å². The van der Waals surface area contributed by atoms with Crippen LogP contribution in [-0.4, -0.2) is 63.6 Å². The third kappa shape index (κ3) is 6.70. The monoisotopic (exact) mass is 732 g/mol. The fraction of sp³-hybridized carbons (Fsp3) is 0.588. The lowest BCUT2D eigenvalue weighted by Crippen LogP contribution is -2.59. The Morgan fingerprint density at radius 2 is 1.65 bits per heavy atom. The number of nitrogens with two attached hydrogens (primary N) is 1. The average Bonchev–Trinajstić information content (AvgIpc) is 3.59. The van der Waals surface area contributed by atoms with Gasteiger partial charge in [0.15, 0.2) is 28.5 Å². The predicted octanol–water partition coefficient (Wildman–Crippen LogP) is 5.25. The van der Waals surface area contributed by atoms with Crippen molar-refractivity contribution >= 4 is 37.7 Å². The molecule has 0 radical (unpaired) electrons. The van der Waals surface area contributed by atoms with E-state index in [-0.39, 0.29) is 28.9 Å². The van der Waals surface area contributed by atoms with Crippen molar-refractivity contribution in [3.05, 3.63) is 79.7 Å². The van der Waals surface area contributed by atoms with Gasteiger partial charge in [0.1, 0.15) is 12.2 Å². The maximum absolute atomic E-state index is 14.4. The van der Waals surface area contributed by atoms with E-state index in [1.807, 2.05) is 43.6 Å². The average molecular weight is 733 g/mol. The van der Waals surface area contributed by atoms with Gasteiger partial charge in [0.2, 0.25) is 0 Å². The summed E-state index contributed by atoms with van der Waals surface area (Å²) in [7, 11) is -9.35. The summed E-state index contributed by atoms with van der Waals surface area (Å²) in [6.45, 7) is 22.4. The molecule has 3 N–H and O–H groups in total. The van der Waals surface area contributed by atoms with Gasteiger partial charge in [-0.2, -0.15) is 8.42 Å². The topological polar surface area (TPSA) is 157 Å². The van der Waals surface area contributed by atoms with Gasteiger partial charge in [-0.25, -0.2) is 8.98 Å². The lowest BCUT2D eigenvalue weighted by Gasteiger charge is -2.43. The van der Waals surface area contributed by atoms with E-state index in [1.165, 1.54) is 15.3 Å². The van der Waals surface area contributed by atoms with E-state index in [0.717, 1.165) is 21.9 Å². The Bertz CT molecular complexity index is 2000. The molecule has 0 aliphatic carbocycles. The number of para-hydroxylation sites is 1.